The van der Waals surface area contributed by atoms with E-state index in [1.807, 2.05) is 0 Å². The summed E-state index contributed by atoms with van der Waals surface area (Å²) in [6.45, 7) is 3.55. The van der Waals surface area contributed by atoms with Crippen LogP contribution < -0.4 is 11.1 Å². The molecule has 1 amide bonds. The van der Waals surface area contributed by atoms with Gasteiger partial charge in [0.1, 0.15) is 0 Å². The predicted octanol–water partition coefficient (Wildman–Crippen LogP) is 0.119. The summed E-state index contributed by atoms with van der Waals surface area (Å²) in [5.41, 5.74) is 5.41. The zero-order valence-corrected chi connectivity index (χ0v) is 10.1. The van der Waals surface area contributed by atoms with Gasteiger partial charge >= 0.3 is 0 Å². The van der Waals surface area contributed by atoms with E-state index in [9.17, 15) is 4.79 Å². The number of carbonyl (C=O) groups is 1. The number of nitrogens with two attached hydrogens (primary N) is 1. The van der Waals surface area contributed by atoms with Crippen molar-refractivity contribution in [3.05, 3.63) is 0 Å². The third kappa shape index (κ3) is 3.43. The van der Waals surface area contributed by atoms with Gasteiger partial charge < -0.3 is 16.0 Å². The summed E-state index contributed by atoms with van der Waals surface area (Å²) in [6.07, 6.45) is 2.36. The normalized spacial score (nSPS) is 23.7. The first kappa shape index (κ1) is 12.4. The Morgan fingerprint density at radius 1 is 1.73 bits per heavy atom. The Morgan fingerprint density at radius 3 is 2.87 bits per heavy atom. The van der Waals surface area contributed by atoms with Crippen LogP contribution in [0.3, 0.4) is 0 Å². The van der Waals surface area contributed by atoms with E-state index >= 15 is 0 Å². The molecule has 3 N–H and O–H groups in total. The van der Waals surface area contributed by atoms with Gasteiger partial charge in [0.25, 0.3) is 0 Å². The average molecular weight is 229 g/mol. The number of amides is 1. The lowest BCUT2D eigenvalue weighted by Gasteiger charge is -2.20. The second kappa shape index (κ2) is 5.42. The van der Waals surface area contributed by atoms with Crippen molar-refractivity contribution >= 4 is 23.1 Å². The van der Waals surface area contributed by atoms with Crippen LogP contribution in [0.15, 0.2) is 0 Å². The van der Waals surface area contributed by atoms with Crippen LogP contribution in [0, 0.1) is 5.92 Å². The van der Waals surface area contributed by atoms with E-state index in [0.717, 1.165) is 13.0 Å². The quantitative estimate of drug-likeness (QED) is 0.672. The summed E-state index contributed by atoms with van der Waals surface area (Å²) in [4.78, 5) is 14.1. The summed E-state index contributed by atoms with van der Waals surface area (Å²) in [7, 11) is 2.08. The Labute approximate surface area is 96.2 Å². The van der Waals surface area contributed by atoms with E-state index in [1.165, 1.54) is 6.42 Å². The molecule has 1 rings (SSSR count). The van der Waals surface area contributed by atoms with Gasteiger partial charge in [-0.25, -0.2) is 0 Å². The minimum Gasteiger partial charge on any atom is -0.393 e. The van der Waals surface area contributed by atoms with Crippen molar-refractivity contribution < 1.29 is 4.79 Å². The molecule has 4 nitrogen and oxygen atoms in total. The van der Waals surface area contributed by atoms with E-state index < -0.39 is 0 Å². The Bertz CT molecular complexity index is 257. The lowest BCUT2D eigenvalue weighted by molar-refractivity contribution is -0.122. The highest BCUT2D eigenvalue weighted by Crippen LogP contribution is 2.13. The molecule has 1 aliphatic heterocycles. The molecular formula is C10H19N3OS. The SMILES string of the molecule is CC(C(=O)NCC1CCCN1C)C(N)=S. The fourth-order valence-corrected chi connectivity index (χ4v) is 1.84. The molecular weight excluding hydrogens is 210 g/mol. The molecule has 15 heavy (non-hydrogen) atoms. The first-order valence-electron chi connectivity index (χ1n) is 5.29. The number of hydrogen-bond donors (Lipinski definition) is 2. The molecule has 0 aromatic rings. The van der Waals surface area contributed by atoms with Crippen molar-refractivity contribution in [1.29, 1.82) is 0 Å². The van der Waals surface area contributed by atoms with E-state index in [-0.39, 0.29) is 16.8 Å². The highest BCUT2D eigenvalue weighted by atomic mass is 32.1. The molecule has 2 atom stereocenters. The molecule has 0 aromatic heterocycles. The van der Waals surface area contributed by atoms with Crippen molar-refractivity contribution in [1.82, 2.24) is 10.2 Å². The van der Waals surface area contributed by atoms with Crippen LogP contribution in [0.2, 0.25) is 0 Å². The fraction of sp³-hybridized carbons (Fsp3) is 0.800. The highest BCUT2D eigenvalue weighted by molar-refractivity contribution is 7.80. The third-order valence-corrected chi connectivity index (χ3v) is 3.36. The summed E-state index contributed by atoms with van der Waals surface area (Å²) in [5, 5.41) is 2.89. The molecule has 1 heterocycles. The van der Waals surface area contributed by atoms with Gasteiger partial charge in [0.15, 0.2) is 0 Å². The van der Waals surface area contributed by atoms with E-state index in [2.05, 4.69) is 17.3 Å². The molecule has 0 radical (unpaired) electrons. The van der Waals surface area contributed by atoms with Crippen LogP contribution in [0.5, 0.6) is 0 Å². The van der Waals surface area contributed by atoms with Gasteiger partial charge in [0.05, 0.1) is 10.9 Å². The molecule has 86 valence electrons. The van der Waals surface area contributed by atoms with Crippen molar-refractivity contribution in [3.63, 3.8) is 0 Å². The second-order valence-electron chi connectivity index (χ2n) is 4.15. The molecule has 0 bridgehead atoms. The van der Waals surface area contributed by atoms with Crippen LogP contribution in [0.25, 0.3) is 0 Å². The van der Waals surface area contributed by atoms with Crippen molar-refractivity contribution in [3.8, 4) is 0 Å². The topological polar surface area (TPSA) is 58.4 Å². The maximum atomic E-state index is 11.6. The zero-order valence-electron chi connectivity index (χ0n) is 9.32. The Balaban J connectivity index is 2.30. The number of hydrogen-bond acceptors (Lipinski definition) is 3. The molecule has 0 aliphatic carbocycles. The van der Waals surface area contributed by atoms with Gasteiger partial charge in [0.2, 0.25) is 5.91 Å². The van der Waals surface area contributed by atoms with Gasteiger partial charge in [-0.1, -0.05) is 12.2 Å². The number of nitrogens with one attached hydrogen (secondary N) is 1. The third-order valence-electron chi connectivity index (χ3n) is 3.00. The lowest BCUT2D eigenvalue weighted by atomic mass is 10.1. The molecule has 0 saturated carbocycles. The fourth-order valence-electron chi connectivity index (χ4n) is 1.74. The molecule has 1 aliphatic rings. The van der Waals surface area contributed by atoms with E-state index in [4.69, 9.17) is 18.0 Å². The molecule has 2 unspecified atom stereocenters. The molecule has 1 saturated heterocycles. The van der Waals surface area contributed by atoms with Crippen molar-refractivity contribution in [2.45, 2.75) is 25.8 Å². The van der Waals surface area contributed by atoms with Crippen LogP contribution in [-0.2, 0) is 4.79 Å². The lowest BCUT2D eigenvalue weighted by Crippen LogP contribution is -2.42. The van der Waals surface area contributed by atoms with Crippen LogP contribution in [0.4, 0.5) is 0 Å². The number of nitrogens with zero attached hydrogens (tertiary/aromatic N) is 1. The van der Waals surface area contributed by atoms with Crippen LogP contribution >= 0.6 is 12.2 Å². The van der Waals surface area contributed by atoms with Gasteiger partial charge in [-0.2, -0.15) is 0 Å². The first-order chi connectivity index (χ1) is 7.02. The van der Waals surface area contributed by atoms with Gasteiger partial charge in [-0.05, 0) is 33.4 Å². The summed E-state index contributed by atoms with van der Waals surface area (Å²) in [6, 6.07) is 0.465. The molecule has 0 aromatic carbocycles. The second-order valence-corrected chi connectivity index (χ2v) is 4.62. The number of thiocarbonyl (C=S) groups is 1. The summed E-state index contributed by atoms with van der Waals surface area (Å²) < 4.78 is 0. The molecule has 1 fully saturated rings. The van der Waals surface area contributed by atoms with Crippen LogP contribution in [-0.4, -0.2) is 42.0 Å². The number of rotatable bonds is 4. The Hall–Kier alpha value is -0.680. The maximum absolute atomic E-state index is 11.6. The van der Waals surface area contributed by atoms with Crippen molar-refractivity contribution in [2.75, 3.05) is 20.1 Å². The summed E-state index contributed by atoms with van der Waals surface area (Å²) in [5.74, 6) is -0.436. The Kier molecular flexibility index (Phi) is 4.47. The number of likely N-dealkylation sites (N-methyl/N-ethyl adjacent to an activating group) is 1. The Morgan fingerprint density at radius 2 is 2.40 bits per heavy atom. The minimum atomic E-state index is -0.369. The largest absolute Gasteiger partial charge is 0.393 e. The van der Waals surface area contributed by atoms with E-state index in [0.29, 0.717) is 12.6 Å². The molecule has 0 spiro atoms. The smallest absolute Gasteiger partial charge is 0.229 e. The number of carbonyl (C=O) groups excluding carboxylic acids is 1. The van der Waals surface area contributed by atoms with Gasteiger partial charge in [0, 0.05) is 12.6 Å². The summed E-state index contributed by atoms with van der Waals surface area (Å²) >= 11 is 4.77. The van der Waals surface area contributed by atoms with Crippen molar-refractivity contribution in [2.24, 2.45) is 11.7 Å². The van der Waals surface area contributed by atoms with Crippen LogP contribution in [0.1, 0.15) is 19.8 Å². The van der Waals surface area contributed by atoms with Gasteiger partial charge in [-0.3, -0.25) is 4.79 Å². The maximum Gasteiger partial charge on any atom is 0.229 e. The van der Waals surface area contributed by atoms with Gasteiger partial charge in [-0.15, -0.1) is 0 Å². The predicted molar refractivity (Wildman–Crippen MR) is 64.6 cm³/mol. The molecule has 5 heteroatoms. The standard InChI is InChI=1S/C10H19N3OS/c1-7(9(11)15)10(14)12-6-8-4-3-5-13(8)2/h7-8H,3-6H2,1-2H3,(H2,11,15)(H,12,14). The average Bonchev–Trinajstić information content (AvgIpc) is 2.59. The highest BCUT2D eigenvalue weighted by Gasteiger charge is 2.22. The first-order valence-corrected chi connectivity index (χ1v) is 5.70. The zero-order chi connectivity index (χ0) is 11.4. The van der Waals surface area contributed by atoms with E-state index in [1.54, 1.807) is 6.92 Å². The number of likely N-dealkylation sites (tertiary alicyclic amines) is 1. The monoisotopic (exact) mass is 229 g/mol. The minimum absolute atomic E-state index is 0.0669.